The van der Waals surface area contributed by atoms with Gasteiger partial charge in [0.2, 0.25) is 0 Å². The number of pyridine rings is 1. The number of hydrogen-bond acceptors (Lipinski definition) is 5. The number of rotatable bonds is 5. The van der Waals surface area contributed by atoms with E-state index in [1.54, 1.807) is 0 Å². The highest BCUT2D eigenvalue weighted by atomic mass is 16.5. The van der Waals surface area contributed by atoms with Crippen molar-refractivity contribution in [3.63, 3.8) is 0 Å². The van der Waals surface area contributed by atoms with Gasteiger partial charge in [-0.15, -0.1) is 0 Å². The second kappa shape index (κ2) is 5.86. The van der Waals surface area contributed by atoms with E-state index in [-0.39, 0.29) is 12.6 Å². The van der Waals surface area contributed by atoms with Crippen LogP contribution in [0.4, 0.5) is 5.82 Å². The van der Waals surface area contributed by atoms with Gasteiger partial charge in [0.1, 0.15) is 5.82 Å². The molecule has 1 aromatic heterocycles. The maximum Gasteiger partial charge on any atom is 0.128 e. The summed E-state index contributed by atoms with van der Waals surface area (Å²) in [6.45, 7) is 3.06. The molecule has 0 spiro atoms. The summed E-state index contributed by atoms with van der Waals surface area (Å²) in [7, 11) is 0. The molecule has 0 bridgehead atoms. The quantitative estimate of drug-likeness (QED) is 0.811. The largest absolute Gasteiger partial charge is 0.394 e. The van der Waals surface area contributed by atoms with Gasteiger partial charge in [-0.3, -0.25) is 0 Å². The highest BCUT2D eigenvalue weighted by Gasteiger charge is 2.23. The Labute approximate surface area is 113 Å². The van der Waals surface area contributed by atoms with Crippen LogP contribution in [-0.2, 0) is 11.3 Å². The van der Waals surface area contributed by atoms with E-state index >= 15 is 0 Å². The van der Waals surface area contributed by atoms with Gasteiger partial charge in [0.15, 0.2) is 0 Å². The number of aliphatic hydroxyl groups is 1. The summed E-state index contributed by atoms with van der Waals surface area (Å²) in [4.78, 5) is 6.64. The second-order valence-electron chi connectivity index (χ2n) is 5.28. The monoisotopic (exact) mass is 263 g/mol. The lowest BCUT2D eigenvalue weighted by Crippen LogP contribution is -2.48. The molecule has 1 saturated heterocycles. The van der Waals surface area contributed by atoms with E-state index in [1.807, 2.05) is 12.3 Å². The zero-order valence-corrected chi connectivity index (χ0v) is 11.1. The van der Waals surface area contributed by atoms with E-state index < -0.39 is 0 Å². The number of ether oxygens (including phenoxy) is 1. The summed E-state index contributed by atoms with van der Waals surface area (Å²) < 4.78 is 5.38. The van der Waals surface area contributed by atoms with Crippen molar-refractivity contribution in [2.75, 3.05) is 31.3 Å². The lowest BCUT2D eigenvalue weighted by Gasteiger charge is -2.35. The van der Waals surface area contributed by atoms with E-state index in [2.05, 4.69) is 21.3 Å². The summed E-state index contributed by atoms with van der Waals surface area (Å²) in [5.74, 6) is 0.928. The third-order valence-electron chi connectivity index (χ3n) is 3.71. The van der Waals surface area contributed by atoms with Gasteiger partial charge in [-0.25, -0.2) is 4.98 Å². The van der Waals surface area contributed by atoms with Gasteiger partial charge in [-0.2, -0.15) is 0 Å². The van der Waals surface area contributed by atoms with Gasteiger partial charge in [0.05, 0.1) is 25.9 Å². The summed E-state index contributed by atoms with van der Waals surface area (Å²) >= 11 is 0. The fourth-order valence-electron chi connectivity index (χ4n) is 2.35. The van der Waals surface area contributed by atoms with Crippen molar-refractivity contribution >= 4 is 5.82 Å². The van der Waals surface area contributed by atoms with E-state index in [0.29, 0.717) is 13.2 Å². The molecule has 2 aliphatic rings. The van der Waals surface area contributed by atoms with Crippen molar-refractivity contribution in [1.82, 2.24) is 10.3 Å². The Morgan fingerprint density at radius 1 is 1.42 bits per heavy atom. The normalized spacial score (nSPS) is 23.6. The topological polar surface area (TPSA) is 57.6 Å². The molecule has 0 aromatic carbocycles. The van der Waals surface area contributed by atoms with Crippen LogP contribution < -0.4 is 10.2 Å². The maximum absolute atomic E-state index is 9.37. The van der Waals surface area contributed by atoms with Gasteiger partial charge < -0.3 is 20.1 Å². The Hall–Kier alpha value is -1.17. The average Bonchev–Trinajstić information content (AvgIpc) is 3.30. The molecule has 5 nitrogen and oxygen atoms in total. The Balaban J connectivity index is 1.62. The van der Waals surface area contributed by atoms with Crippen LogP contribution in [0.2, 0.25) is 0 Å². The van der Waals surface area contributed by atoms with E-state index in [9.17, 15) is 5.11 Å². The van der Waals surface area contributed by atoms with Crippen molar-refractivity contribution in [3.05, 3.63) is 23.9 Å². The molecule has 1 saturated carbocycles. The van der Waals surface area contributed by atoms with Crippen LogP contribution in [0.15, 0.2) is 18.3 Å². The van der Waals surface area contributed by atoms with E-state index in [0.717, 1.165) is 24.9 Å². The van der Waals surface area contributed by atoms with E-state index in [1.165, 1.54) is 18.4 Å². The SMILES string of the molecule is OCC1COCCN1c1ccc(CNC2CC2)cn1. The number of anilines is 1. The highest BCUT2D eigenvalue weighted by molar-refractivity contribution is 5.41. The lowest BCUT2D eigenvalue weighted by molar-refractivity contribution is 0.0723. The first kappa shape index (κ1) is 12.8. The minimum atomic E-state index is 0.0247. The fraction of sp³-hybridized carbons (Fsp3) is 0.643. The van der Waals surface area contributed by atoms with Crippen molar-refractivity contribution < 1.29 is 9.84 Å². The van der Waals surface area contributed by atoms with Gasteiger partial charge in [0.25, 0.3) is 0 Å². The molecule has 1 unspecified atom stereocenters. The zero-order chi connectivity index (χ0) is 13.1. The molecule has 2 heterocycles. The van der Waals surface area contributed by atoms with Gasteiger partial charge >= 0.3 is 0 Å². The standard InChI is InChI=1S/C14H21N3O2/c18-9-13-10-19-6-5-17(13)14-4-1-11(8-16-14)7-15-12-2-3-12/h1,4,8,12-13,15,18H,2-3,5-7,9-10H2. The van der Waals surface area contributed by atoms with Crippen LogP contribution in [-0.4, -0.2) is 48.5 Å². The Bertz CT molecular complexity index is 406. The first-order valence-electron chi connectivity index (χ1n) is 7.00. The molecule has 5 heteroatoms. The molecule has 0 amide bonds. The number of hydrogen-bond donors (Lipinski definition) is 2. The second-order valence-corrected chi connectivity index (χ2v) is 5.28. The highest BCUT2D eigenvalue weighted by Crippen LogP contribution is 2.20. The van der Waals surface area contributed by atoms with Crippen LogP contribution in [0, 0.1) is 0 Å². The molecule has 3 rings (SSSR count). The van der Waals surface area contributed by atoms with Crippen LogP contribution >= 0.6 is 0 Å². The van der Waals surface area contributed by atoms with Crippen LogP contribution in [0.1, 0.15) is 18.4 Å². The third-order valence-corrected chi connectivity index (χ3v) is 3.71. The summed E-state index contributed by atoms with van der Waals surface area (Å²) in [6, 6.07) is 4.90. The minimum absolute atomic E-state index is 0.0247. The molecule has 2 N–H and O–H groups in total. The smallest absolute Gasteiger partial charge is 0.128 e. The zero-order valence-electron chi connectivity index (χ0n) is 11.1. The van der Waals surface area contributed by atoms with Crippen LogP contribution in [0.25, 0.3) is 0 Å². The number of nitrogens with zero attached hydrogens (tertiary/aromatic N) is 2. The molecule has 1 aliphatic carbocycles. The average molecular weight is 263 g/mol. The predicted molar refractivity (Wildman–Crippen MR) is 73.1 cm³/mol. The summed E-state index contributed by atoms with van der Waals surface area (Å²) in [5, 5.41) is 12.8. The number of morpholine rings is 1. The number of aromatic nitrogens is 1. The predicted octanol–water partition coefficient (Wildman–Crippen LogP) is 0.531. The molecule has 104 valence electrons. The third kappa shape index (κ3) is 3.23. The van der Waals surface area contributed by atoms with Gasteiger partial charge in [-0.1, -0.05) is 6.07 Å². The maximum atomic E-state index is 9.37. The first-order valence-corrected chi connectivity index (χ1v) is 7.00. The molecule has 2 fully saturated rings. The van der Waals surface area contributed by atoms with E-state index in [4.69, 9.17) is 4.74 Å². The van der Waals surface area contributed by atoms with Crippen molar-refractivity contribution in [1.29, 1.82) is 0 Å². The lowest BCUT2D eigenvalue weighted by atomic mass is 10.2. The molecule has 0 radical (unpaired) electrons. The van der Waals surface area contributed by atoms with Gasteiger partial charge in [-0.05, 0) is 24.5 Å². The molecular weight excluding hydrogens is 242 g/mol. The molecular formula is C14H21N3O2. The van der Waals surface area contributed by atoms with Gasteiger partial charge in [0, 0.05) is 25.3 Å². The molecule has 1 aromatic rings. The molecule has 1 atom stereocenters. The Kier molecular flexibility index (Phi) is 3.96. The number of aliphatic hydroxyl groups excluding tert-OH is 1. The van der Waals surface area contributed by atoms with Crippen molar-refractivity contribution in [2.45, 2.75) is 31.5 Å². The first-order chi connectivity index (χ1) is 9.36. The summed E-state index contributed by atoms with van der Waals surface area (Å²) in [6.07, 6.45) is 4.53. The van der Waals surface area contributed by atoms with Crippen molar-refractivity contribution in [3.8, 4) is 0 Å². The molecule has 1 aliphatic heterocycles. The molecule has 19 heavy (non-hydrogen) atoms. The number of nitrogens with one attached hydrogen (secondary N) is 1. The minimum Gasteiger partial charge on any atom is -0.394 e. The van der Waals surface area contributed by atoms with Crippen molar-refractivity contribution in [2.24, 2.45) is 0 Å². The summed E-state index contributed by atoms with van der Waals surface area (Å²) in [5.41, 5.74) is 1.21. The van der Waals surface area contributed by atoms with Crippen LogP contribution in [0.5, 0.6) is 0 Å². The Morgan fingerprint density at radius 2 is 2.32 bits per heavy atom. The van der Waals surface area contributed by atoms with Crippen LogP contribution in [0.3, 0.4) is 0 Å². The fourth-order valence-corrected chi connectivity index (χ4v) is 2.35. The Morgan fingerprint density at radius 3 is 3.00 bits per heavy atom.